The van der Waals surface area contributed by atoms with Crippen molar-refractivity contribution < 1.29 is 9.21 Å². The molecule has 1 amide bonds. The van der Waals surface area contributed by atoms with Gasteiger partial charge in [-0.05, 0) is 37.5 Å². The number of furan rings is 1. The molecule has 3 aromatic heterocycles. The maximum Gasteiger partial charge on any atom is 0.289 e. The van der Waals surface area contributed by atoms with Crippen molar-refractivity contribution in [3.8, 4) is 0 Å². The normalized spacial score (nSPS) is 16.7. The molecule has 0 bridgehead atoms. The van der Waals surface area contributed by atoms with Crippen LogP contribution in [0.3, 0.4) is 0 Å². The summed E-state index contributed by atoms with van der Waals surface area (Å²) in [7, 11) is 0. The van der Waals surface area contributed by atoms with Gasteiger partial charge in [0.05, 0.1) is 12.8 Å². The second kappa shape index (κ2) is 7.82. The minimum atomic E-state index is -0.315. The summed E-state index contributed by atoms with van der Waals surface area (Å²) in [4.78, 5) is 34.6. The van der Waals surface area contributed by atoms with Crippen LogP contribution in [0.15, 0.2) is 51.9 Å². The summed E-state index contributed by atoms with van der Waals surface area (Å²) in [6.45, 7) is 3.62. The van der Waals surface area contributed by atoms with Crippen LogP contribution in [-0.4, -0.2) is 48.9 Å². The van der Waals surface area contributed by atoms with Gasteiger partial charge in [-0.3, -0.25) is 9.59 Å². The van der Waals surface area contributed by atoms with Crippen LogP contribution in [0.1, 0.15) is 46.3 Å². The van der Waals surface area contributed by atoms with E-state index < -0.39 is 0 Å². The van der Waals surface area contributed by atoms with E-state index in [-0.39, 0.29) is 22.9 Å². The molecule has 158 valence electrons. The fourth-order valence-electron chi connectivity index (χ4n) is 3.99. The largest absolute Gasteiger partial charge is 0.459 e. The number of aryl methyl sites for hydroxylation is 1. The van der Waals surface area contributed by atoms with Crippen molar-refractivity contribution in [1.82, 2.24) is 29.9 Å². The zero-order chi connectivity index (χ0) is 21.4. The minimum Gasteiger partial charge on any atom is -0.459 e. The Hall–Kier alpha value is -3.75. The third-order valence-electron chi connectivity index (χ3n) is 5.67. The van der Waals surface area contributed by atoms with Crippen molar-refractivity contribution in [1.29, 1.82) is 0 Å². The van der Waals surface area contributed by atoms with Crippen molar-refractivity contribution in [2.75, 3.05) is 13.1 Å². The molecule has 0 saturated carbocycles. The minimum absolute atomic E-state index is 0.0764. The number of hydrogen-bond donors (Lipinski definition) is 1. The summed E-state index contributed by atoms with van der Waals surface area (Å²) in [6, 6.07) is 11.5. The number of rotatable bonds is 4. The highest BCUT2D eigenvalue weighted by molar-refractivity contribution is 5.91. The van der Waals surface area contributed by atoms with Gasteiger partial charge in [-0.1, -0.05) is 35.0 Å². The molecule has 4 aromatic rings. The monoisotopic (exact) mass is 418 g/mol. The number of aromatic nitrogens is 5. The van der Waals surface area contributed by atoms with Crippen LogP contribution in [0.5, 0.6) is 0 Å². The molecule has 9 heteroatoms. The number of carbonyl (C=O) groups is 1. The van der Waals surface area contributed by atoms with Crippen LogP contribution in [0.4, 0.5) is 0 Å². The molecular weight excluding hydrogens is 396 g/mol. The van der Waals surface area contributed by atoms with Gasteiger partial charge in [-0.25, -0.2) is 9.67 Å². The van der Waals surface area contributed by atoms with Gasteiger partial charge >= 0.3 is 0 Å². The summed E-state index contributed by atoms with van der Waals surface area (Å²) >= 11 is 0. The summed E-state index contributed by atoms with van der Waals surface area (Å²) in [6.07, 6.45) is 3.14. The molecule has 1 saturated heterocycles. The number of likely N-dealkylation sites (tertiary alicyclic amines) is 1. The zero-order valence-electron chi connectivity index (χ0n) is 17.1. The van der Waals surface area contributed by atoms with Gasteiger partial charge in [0.2, 0.25) is 0 Å². The van der Waals surface area contributed by atoms with Crippen LogP contribution in [-0.2, 0) is 6.54 Å². The van der Waals surface area contributed by atoms with Crippen molar-refractivity contribution in [2.45, 2.75) is 32.2 Å². The van der Waals surface area contributed by atoms with E-state index >= 15 is 0 Å². The number of piperidine rings is 1. The predicted molar refractivity (Wildman–Crippen MR) is 113 cm³/mol. The first-order valence-corrected chi connectivity index (χ1v) is 10.3. The average molecular weight is 418 g/mol. The topological polar surface area (TPSA) is 110 Å². The third kappa shape index (κ3) is 3.74. The molecule has 1 atom stereocenters. The highest BCUT2D eigenvalue weighted by atomic mass is 16.3. The molecule has 0 radical (unpaired) electrons. The Morgan fingerprint density at radius 2 is 2.10 bits per heavy atom. The molecule has 1 N–H and O–H groups in total. The van der Waals surface area contributed by atoms with Crippen molar-refractivity contribution >= 4 is 17.1 Å². The Labute approximate surface area is 177 Å². The van der Waals surface area contributed by atoms with Crippen LogP contribution < -0.4 is 5.56 Å². The molecule has 1 aliphatic heterocycles. The quantitative estimate of drug-likeness (QED) is 0.545. The van der Waals surface area contributed by atoms with Crippen LogP contribution in [0.25, 0.3) is 11.2 Å². The van der Waals surface area contributed by atoms with Gasteiger partial charge in [-0.15, -0.1) is 5.10 Å². The van der Waals surface area contributed by atoms with Gasteiger partial charge in [0.1, 0.15) is 5.82 Å². The summed E-state index contributed by atoms with van der Waals surface area (Å²) in [5, 5.41) is 8.17. The molecule has 1 aromatic carbocycles. The van der Waals surface area contributed by atoms with Gasteiger partial charge < -0.3 is 14.3 Å². The summed E-state index contributed by atoms with van der Waals surface area (Å²) in [5.74, 6) is 0.650. The average Bonchev–Trinajstić information content (AvgIpc) is 3.46. The summed E-state index contributed by atoms with van der Waals surface area (Å²) < 4.78 is 6.90. The maximum absolute atomic E-state index is 12.7. The number of fused-ring (bicyclic) bond motifs is 1. The Kier molecular flexibility index (Phi) is 4.85. The second-order valence-electron chi connectivity index (χ2n) is 7.92. The lowest BCUT2D eigenvalue weighted by atomic mass is 9.97. The number of aromatic amines is 1. The molecule has 31 heavy (non-hydrogen) atoms. The lowest BCUT2D eigenvalue weighted by Crippen LogP contribution is -2.39. The van der Waals surface area contributed by atoms with E-state index in [1.54, 1.807) is 21.7 Å². The molecule has 1 unspecified atom stereocenters. The lowest BCUT2D eigenvalue weighted by Gasteiger charge is -2.31. The van der Waals surface area contributed by atoms with Crippen molar-refractivity contribution in [3.63, 3.8) is 0 Å². The predicted octanol–water partition coefficient (Wildman–Crippen LogP) is 2.48. The highest BCUT2D eigenvalue weighted by Gasteiger charge is 2.29. The Bertz CT molecular complexity index is 1270. The number of benzene rings is 1. The molecule has 1 fully saturated rings. The fourth-order valence-corrected chi connectivity index (χ4v) is 3.99. The standard InChI is InChI=1S/C22H22N6O3/c1-14-6-8-15(9-7-14)12-28-20-18(25-26-28)21(29)24-19(23-20)16-4-2-10-27(13-16)22(30)17-5-3-11-31-17/h3,5-9,11,16H,2,4,10,12-13H2,1H3,(H,23,24,29). The number of carbonyl (C=O) groups excluding carboxylic acids is 1. The first kappa shape index (κ1) is 19.2. The SMILES string of the molecule is Cc1ccc(Cn2nnc3c(=O)[nH]c(C4CCCN(C(=O)c5ccco5)C4)nc32)cc1. The van der Waals surface area contributed by atoms with Gasteiger partial charge in [0, 0.05) is 19.0 Å². The van der Waals surface area contributed by atoms with Crippen LogP contribution in [0.2, 0.25) is 0 Å². The smallest absolute Gasteiger partial charge is 0.289 e. The molecule has 9 nitrogen and oxygen atoms in total. The number of H-pyrrole nitrogens is 1. The van der Waals surface area contributed by atoms with E-state index in [2.05, 4.69) is 15.3 Å². The number of hydrogen-bond acceptors (Lipinski definition) is 6. The molecule has 5 rings (SSSR count). The Morgan fingerprint density at radius 1 is 1.26 bits per heavy atom. The number of nitrogens with zero attached hydrogens (tertiary/aromatic N) is 5. The zero-order valence-corrected chi connectivity index (χ0v) is 17.1. The van der Waals surface area contributed by atoms with E-state index in [9.17, 15) is 9.59 Å². The maximum atomic E-state index is 12.7. The first-order valence-electron chi connectivity index (χ1n) is 10.3. The fraction of sp³-hybridized carbons (Fsp3) is 0.318. The molecule has 0 spiro atoms. The highest BCUT2D eigenvalue weighted by Crippen LogP contribution is 2.26. The Morgan fingerprint density at radius 3 is 2.87 bits per heavy atom. The number of amides is 1. The summed E-state index contributed by atoms with van der Waals surface area (Å²) in [5.41, 5.74) is 2.58. The van der Waals surface area contributed by atoms with E-state index in [1.165, 1.54) is 11.8 Å². The van der Waals surface area contributed by atoms with Gasteiger partial charge in [-0.2, -0.15) is 0 Å². The molecule has 1 aliphatic rings. The lowest BCUT2D eigenvalue weighted by molar-refractivity contribution is 0.0672. The van der Waals surface area contributed by atoms with Crippen LogP contribution in [0, 0.1) is 6.92 Å². The van der Waals surface area contributed by atoms with E-state index in [0.29, 0.717) is 36.9 Å². The molecular formula is C22H22N6O3. The van der Waals surface area contributed by atoms with Crippen molar-refractivity contribution in [2.24, 2.45) is 0 Å². The van der Waals surface area contributed by atoms with E-state index in [4.69, 9.17) is 9.40 Å². The van der Waals surface area contributed by atoms with E-state index in [0.717, 1.165) is 18.4 Å². The van der Waals surface area contributed by atoms with Crippen LogP contribution >= 0.6 is 0 Å². The first-order chi connectivity index (χ1) is 15.1. The van der Waals surface area contributed by atoms with Crippen molar-refractivity contribution in [3.05, 3.63) is 75.7 Å². The molecule has 4 heterocycles. The third-order valence-corrected chi connectivity index (χ3v) is 5.67. The van der Waals surface area contributed by atoms with Gasteiger partial charge in [0.25, 0.3) is 11.5 Å². The van der Waals surface area contributed by atoms with E-state index in [1.807, 2.05) is 31.2 Å². The number of nitrogens with one attached hydrogen (secondary N) is 1. The second-order valence-corrected chi connectivity index (χ2v) is 7.92. The molecule has 0 aliphatic carbocycles. The Balaban J connectivity index is 1.43. The van der Waals surface area contributed by atoms with Gasteiger partial charge in [0.15, 0.2) is 16.9 Å².